The van der Waals surface area contributed by atoms with Gasteiger partial charge in [-0.3, -0.25) is 0 Å². The standard InChI is InChI=1S/C25H38F2O5/c26-25(27,22-8-6-21(7-9-22)20-4-2-1-3-5-20)32-24-12-10-23(11-13-24)31-19-18-30-17-16-29-15-14-28/h10-13,20-22,28H,1-9,14-19H2. The fraction of sp³-hybridized carbons (Fsp3) is 0.760. The summed E-state index contributed by atoms with van der Waals surface area (Å²) in [5, 5.41) is 8.60. The molecule has 0 radical (unpaired) electrons. The molecule has 0 unspecified atom stereocenters. The molecule has 2 aliphatic carbocycles. The lowest BCUT2D eigenvalue weighted by atomic mass is 9.71. The van der Waals surface area contributed by atoms with Gasteiger partial charge in [-0.1, -0.05) is 32.1 Å². The van der Waals surface area contributed by atoms with Crippen LogP contribution in [0.4, 0.5) is 8.78 Å². The highest BCUT2D eigenvalue weighted by molar-refractivity contribution is 5.31. The second-order valence-electron chi connectivity index (χ2n) is 8.94. The fourth-order valence-electron chi connectivity index (χ4n) is 4.98. The Morgan fingerprint density at radius 1 is 0.719 bits per heavy atom. The van der Waals surface area contributed by atoms with Crippen LogP contribution in [0, 0.1) is 17.8 Å². The van der Waals surface area contributed by atoms with Crippen molar-refractivity contribution >= 4 is 0 Å². The first-order chi connectivity index (χ1) is 15.6. The highest BCUT2D eigenvalue weighted by atomic mass is 19.3. The van der Waals surface area contributed by atoms with Crippen molar-refractivity contribution < 1.29 is 32.8 Å². The van der Waals surface area contributed by atoms with Gasteiger partial charge in [0.15, 0.2) is 0 Å². The van der Waals surface area contributed by atoms with Crippen LogP contribution in [0.5, 0.6) is 11.5 Å². The average Bonchev–Trinajstić information content (AvgIpc) is 2.82. The van der Waals surface area contributed by atoms with E-state index < -0.39 is 12.0 Å². The maximum absolute atomic E-state index is 14.8. The Morgan fingerprint density at radius 3 is 1.94 bits per heavy atom. The highest BCUT2D eigenvalue weighted by Crippen LogP contribution is 2.44. The van der Waals surface area contributed by atoms with Crippen molar-refractivity contribution in [3.8, 4) is 11.5 Å². The van der Waals surface area contributed by atoms with Gasteiger partial charge >= 0.3 is 6.11 Å². The number of hydrogen-bond donors (Lipinski definition) is 1. The van der Waals surface area contributed by atoms with Crippen LogP contribution in [0.2, 0.25) is 0 Å². The predicted octanol–water partition coefficient (Wildman–Crippen LogP) is 5.45. The van der Waals surface area contributed by atoms with Gasteiger partial charge in [-0.2, -0.15) is 8.78 Å². The quantitative estimate of drug-likeness (QED) is 0.400. The third kappa shape index (κ3) is 8.16. The minimum absolute atomic E-state index is 0.00368. The zero-order chi connectivity index (χ0) is 22.7. The van der Waals surface area contributed by atoms with Crippen LogP contribution in [-0.2, 0) is 9.47 Å². The molecule has 2 saturated carbocycles. The molecular weight excluding hydrogens is 418 g/mol. The summed E-state index contributed by atoms with van der Waals surface area (Å²) in [5.41, 5.74) is 0. The van der Waals surface area contributed by atoms with Gasteiger partial charge in [0.1, 0.15) is 18.1 Å². The van der Waals surface area contributed by atoms with Crippen LogP contribution in [0.3, 0.4) is 0 Å². The van der Waals surface area contributed by atoms with Gasteiger partial charge in [0, 0.05) is 0 Å². The van der Waals surface area contributed by atoms with Crippen LogP contribution >= 0.6 is 0 Å². The van der Waals surface area contributed by atoms with E-state index in [1.807, 2.05) is 0 Å². The molecule has 3 rings (SSSR count). The zero-order valence-corrected chi connectivity index (χ0v) is 19.0. The van der Waals surface area contributed by atoms with Crippen molar-refractivity contribution in [1.82, 2.24) is 0 Å². The van der Waals surface area contributed by atoms with Gasteiger partial charge in [0.05, 0.1) is 39.0 Å². The molecule has 7 heteroatoms. The van der Waals surface area contributed by atoms with Crippen molar-refractivity contribution in [3.63, 3.8) is 0 Å². The minimum Gasteiger partial charge on any atom is -0.491 e. The summed E-state index contributed by atoms with van der Waals surface area (Å²) in [4.78, 5) is 0. The molecule has 32 heavy (non-hydrogen) atoms. The molecule has 5 nitrogen and oxygen atoms in total. The van der Waals surface area contributed by atoms with E-state index in [1.165, 1.54) is 44.2 Å². The number of hydrogen-bond acceptors (Lipinski definition) is 5. The third-order valence-corrected chi connectivity index (χ3v) is 6.75. The average molecular weight is 457 g/mol. The van der Waals surface area contributed by atoms with Crippen LogP contribution in [0.25, 0.3) is 0 Å². The van der Waals surface area contributed by atoms with Crippen LogP contribution in [0.1, 0.15) is 57.8 Å². The Balaban J connectivity index is 1.35. The Labute approximate surface area is 190 Å². The summed E-state index contributed by atoms with van der Waals surface area (Å²) in [7, 11) is 0. The third-order valence-electron chi connectivity index (χ3n) is 6.75. The Morgan fingerprint density at radius 2 is 1.28 bits per heavy atom. The first-order valence-corrected chi connectivity index (χ1v) is 12.1. The Bertz CT molecular complexity index is 626. The molecule has 0 spiro atoms. The summed E-state index contributed by atoms with van der Waals surface area (Å²) in [6, 6.07) is 6.33. The molecule has 0 aromatic heterocycles. The summed E-state index contributed by atoms with van der Waals surface area (Å²) >= 11 is 0. The van der Waals surface area contributed by atoms with Crippen molar-refractivity contribution in [2.75, 3.05) is 39.6 Å². The Kier molecular flexibility index (Phi) is 10.5. The van der Waals surface area contributed by atoms with Crippen molar-refractivity contribution in [2.24, 2.45) is 17.8 Å². The van der Waals surface area contributed by atoms with Crippen molar-refractivity contribution in [2.45, 2.75) is 63.9 Å². The molecule has 1 aromatic rings. The Hall–Kier alpha value is -1.44. The van der Waals surface area contributed by atoms with Crippen LogP contribution < -0.4 is 9.47 Å². The summed E-state index contributed by atoms with van der Waals surface area (Å²) < 4.78 is 50.7. The largest absolute Gasteiger partial charge is 0.491 e. The molecule has 1 aromatic carbocycles. The number of rotatable bonds is 13. The number of ether oxygens (including phenoxy) is 4. The number of alkyl halides is 2. The second-order valence-corrected chi connectivity index (χ2v) is 8.94. The number of aliphatic hydroxyl groups excluding tert-OH is 1. The fourth-order valence-corrected chi connectivity index (χ4v) is 4.98. The van der Waals surface area contributed by atoms with Crippen LogP contribution in [0.15, 0.2) is 24.3 Å². The van der Waals surface area contributed by atoms with E-state index >= 15 is 0 Å². The first kappa shape index (κ1) is 25.2. The smallest absolute Gasteiger partial charge is 0.400 e. The molecule has 2 aliphatic rings. The lowest BCUT2D eigenvalue weighted by Gasteiger charge is -2.37. The zero-order valence-electron chi connectivity index (χ0n) is 19.0. The van der Waals surface area contributed by atoms with E-state index in [4.69, 9.17) is 24.1 Å². The number of halogens is 2. The molecule has 182 valence electrons. The maximum atomic E-state index is 14.8. The van der Waals surface area contributed by atoms with Gasteiger partial charge in [-0.05, 0) is 61.8 Å². The molecule has 0 heterocycles. The van der Waals surface area contributed by atoms with E-state index in [0.717, 1.165) is 18.8 Å². The van der Waals surface area contributed by atoms with Crippen molar-refractivity contribution in [3.05, 3.63) is 24.3 Å². The van der Waals surface area contributed by atoms with Crippen molar-refractivity contribution in [1.29, 1.82) is 0 Å². The molecule has 0 saturated heterocycles. The van der Waals surface area contributed by atoms with E-state index in [1.54, 1.807) is 12.1 Å². The molecule has 2 fully saturated rings. The van der Waals surface area contributed by atoms with E-state index in [9.17, 15) is 8.78 Å². The maximum Gasteiger partial charge on any atom is 0.400 e. The molecular formula is C25H38F2O5. The van der Waals surface area contributed by atoms with Gasteiger partial charge in [-0.25, -0.2) is 0 Å². The predicted molar refractivity (Wildman–Crippen MR) is 118 cm³/mol. The van der Waals surface area contributed by atoms with Gasteiger partial charge < -0.3 is 24.1 Å². The summed E-state index contributed by atoms with van der Waals surface area (Å²) in [6.07, 6.45) is 6.23. The normalized spacial score (nSPS) is 22.6. The van der Waals surface area contributed by atoms with Crippen LogP contribution in [-0.4, -0.2) is 50.9 Å². The van der Waals surface area contributed by atoms with Gasteiger partial charge in [-0.15, -0.1) is 0 Å². The SMILES string of the molecule is OCCOCCOCCOc1ccc(OC(F)(F)C2CCC(C3CCCCC3)CC2)cc1. The lowest BCUT2D eigenvalue weighted by molar-refractivity contribution is -0.224. The van der Waals surface area contributed by atoms with E-state index in [0.29, 0.717) is 57.5 Å². The second kappa shape index (κ2) is 13.3. The summed E-state index contributed by atoms with van der Waals surface area (Å²) in [5.74, 6) is 1.40. The van der Waals surface area contributed by atoms with Gasteiger partial charge in [0.25, 0.3) is 0 Å². The van der Waals surface area contributed by atoms with Gasteiger partial charge in [0.2, 0.25) is 0 Å². The molecule has 0 bridgehead atoms. The number of benzene rings is 1. The first-order valence-electron chi connectivity index (χ1n) is 12.1. The monoisotopic (exact) mass is 456 g/mol. The topological polar surface area (TPSA) is 57.2 Å². The van der Waals surface area contributed by atoms with E-state index in [-0.39, 0.29) is 12.4 Å². The molecule has 0 amide bonds. The number of aliphatic hydroxyl groups is 1. The summed E-state index contributed by atoms with van der Waals surface area (Å²) in [6.45, 7) is 1.88. The molecule has 0 aliphatic heterocycles. The molecule has 0 atom stereocenters. The molecule has 1 N–H and O–H groups in total. The highest BCUT2D eigenvalue weighted by Gasteiger charge is 2.44. The lowest BCUT2D eigenvalue weighted by Crippen LogP contribution is -2.38. The minimum atomic E-state index is -3.15. The van der Waals surface area contributed by atoms with E-state index in [2.05, 4.69) is 0 Å².